The molecule has 0 amide bonds. The van der Waals surface area contributed by atoms with Crippen molar-refractivity contribution in [2.24, 2.45) is 47.3 Å². The molecule has 8 atom stereocenters. The predicted octanol–water partition coefficient (Wildman–Crippen LogP) is 2.37. The third-order valence-corrected chi connectivity index (χ3v) is 13.8. The second-order valence-electron chi connectivity index (χ2n) is 15.8. The second-order valence-corrected chi connectivity index (χ2v) is 16.3. The topological polar surface area (TPSA) is 151 Å². The van der Waals surface area contributed by atoms with Crippen LogP contribution in [0, 0.1) is 47.3 Å². The third kappa shape index (κ3) is 6.69. The largest absolute Gasteiger partial charge is 1.00 e. The van der Waals surface area contributed by atoms with Crippen molar-refractivity contribution in [3.05, 3.63) is 0 Å². The minimum atomic E-state index is -2.86. The SMILES string of the molecule is C1CCC2C3NC(NC4NC(NC5NC(NC6NC(N3)C3CCCCC63)C3CCCCC53)C3CCCCC43)C2C1.O=[S-](=O)O.[Cu+]. The zero-order valence-corrected chi connectivity index (χ0v) is 28.3. The summed E-state index contributed by atoms with van der Waals surface area (Å²) in [6, 6.07) is 0. The number of hydrogen-bond donors (Lipinski definition) is 9. The van der Waals surface area contributed by atoms with Crippen molar-refractivity contribution in [2.75, 3.05) is 0 Å². The van der Waals surface area contributed by atoms with Crippen LogP contribution in [0.3, 0.4) is 0 Å². The smallest absolute Gasteiger partial charge is 0.439 e. The normalized spacial score (nSPS) is 52.0. The van der Waals surface area contributed by atoms with Gasteiger partial charge in [0, 0.05) is 11.0 Å². The molecule has 8 bridgehead atoms. The summed E-state index contributed by atoms with van der Waals surface area (Å²) in [5.74, 6) is 5.97. The first-order valence-corrected chi connectivity index (χ1v) is 19.4. The molecule has 9 aliphatic rings. The van der Waals surface area contributed by atoms with E-state index in [0.29, 0.717) is 49.3 Å². The molecule has 8 unspecified atom stereocenters. The first-order valence-electron chi connectivity index (χ1n) is 18.4. The molecular formula is C32H57CuN8O3S. The Hall–Kier alpha value is 0.109. The van der Waals surface area contributed by atoms with E-state index in [9.17, 15) is 0 Å². The summed E-state index contributed by atoms with van der Waals surface area (Å²) in [6.07, 6.45) is 25.6. The van der Waals surface area contributed by atoms with Gasteiger partial charge in [-0.05, 0) is 98.7 Å². The van der Waals surface area contributed by atoms with E-state index in [-0.39, 0.29) is 17.1 Å². The summed E-state index contributed by atoms with van der Waals surface area (Å²) in [4.78, 5) is 0. The van der Waals surface area contributed by atoms with Gasteiger partial charge in [0.15, 0.2) is 0 Å². The number of nitrogens with one attached hydrogen (secondary N) is 8. The van der Waals surface area contributed by atoms with Gasteiger partial charge in [0.25, 0.3) is 0 Å². The molecule has 0 radical (unpaired) electrons. The van der Waals surface area contributed by atoms with Crippen LogP contribution in [0.25, 0.3) is 0 Å². The summed E-state index contributed by atoms with van der Waals surface area (Å²) in [5, 5.41) is 33.8. The van der Waals surface area contributed by atoms with E-state index in [4.69, 9.17) is 13.0 Å². The van der Waals surface area contributed by atoms with Crippen LogP contribution >= 0.6 is 0 Å². The molecule has 0 aromatic carbocycles. The standard InChI is InChI=1S/C32H56N8.Cu.HO3S/c1-2-10-18-17(9-1)25-33-26(18)38-28-21-13-5-6-14-22(21)30(35-28)40-32-24-16-8-7-15-23(24)31(36-32)39-29-20-12-4-3-11-19(20)27(34-29)37-25;;1-4(2)3/h17-40H,1-16H2;;(H,1,2,3)/q;+1;-1. The fourth-order valence-corrected chi connectivity index (χ4v) is 12.0. The fraction of sp³-hybridized carbons (Fsp3) is 1.00. The Bertz CT molecular complexity index is 875. The first kappa shape index (κ1) is 33.6. The van der Waals surface area contributed by atoms with E-state index in [1.165, 1.54) is 103 Å². The monoisotopic (exact) mass is 696 g/mol. The van der Waals surface area contributed by atoms with Crippen LogP contribution in [0.1, 0.15) is 103 Å². The molecule has 0 aromatic rings. The fourth-order valence-electron chi connectivity index (χ4n) is 12.0. The van der Waals surface area contributed by atoms with Crippen LogP contribution in [-0.4, -0.2) is 53.9 Å². The maximum absolute atomic E-state index is 8.56. The van der Waals surface area contributed by atoms with Crippen LogP contribution in [0.15, 0.2) is 0 Å². The van der Waals surface area contributed by atoms with Crippen molar-refractivity contribution in [2.45, 2.75) is 152 Å². The van der Waals surface area contributed by atoms with Gasteiger partial charge in [-0.25, -0.2) is 0 Å². The maximum atomic E-state index is 8.56. The van der Waals surface area contributed by atoms with Crippen LogP contribution < -0.4 is 42.5 Å². The first-order chi connectivity index (χ1) is 21.5. The van der Waals surface area contributed by atoms with Gasteiger partial charge in [-0.1, -0.05) is 51.4 Å². The third-order valence-electron chi connectivity index (χ3n) is 13.8. The molecule has 0 aromatic heterocycles. The second kappa shape index (κ2) is 14.5. The Labute approximate surface area is 282 Å². The maximum Gasteiger partial charge on any atom is 1.00 e. The van der Waals surface area contributed by atoms with Crippen LogP contribution in [0.4, 0.5) is 0 Å². The van der Waals surface area contributed by atoms with Gasteiger partial charge in [0.1, 0.15) is 0 Å². The summed E-state index contributed by atoms with van der Waals surface area (Å²) < 4.78 is 24.1. The summed E-state index contributed by atoms with van der Waals surface area (Å²) in [5.41, 5.74) is 0. The van der Waals surface area contributed by atoms with E-state index in [1.54, 1.807) is 0 Å². The molecule has 5 saturated heterocycles. The minimum absolute atomic E-state index is 0. The van der Waals surface area contributed by atoms with Crippen LogP contribution in [0.5, 0.6) is 0 Å². The Balaban J connectivity index is 0.000000617. The van der Waals surface area contributed by atoms with Gasteiger partial charge in [0.05, 0.1) is 49.3 Å². The van der Waals surface area contributed by atoms with Crippen molar-refractivity contribution < 1.29 is 30.0 Å². The molecule has 45 heavy (non-hydrogen) atoms. The number of fused-ring (bicyclic) bond motifs is 20. The Morgan fingerprint density at radius 3 is 0.556 bits per heavy atom. The predicted molar refractivity (Wildman–Crippen MR) is 169 cm³/mol. The van der Waals surface area contributed by atoms with Crippen molar-refractivity contribution in [1.29, 1.82) is 0 Å². The van der Waals surface area contributed by atoms with E-state index in [0.717, 1.165) is 47.3 Å². The van der Waals surface area contributed by atoms with Gasteiger partial charge in [-0.3, -0.25) is 42.5 Å². The van der Waals surface area contributed by atoms with Gasteiger partial charge in [-0.15, -0.1) is 0 Å². The molecule has 260 valence electrons. The van der Waals surface area contributed by atoms with Gasteiger partial charge in [0.2, 0.25) is 0 Å². The molecular weight excluding hydrogens is 640 g/mol. The molecule has 5 heterocycles. The van der Waals surface area contributed by atoms with E-state index < -0.39 is 11.0 Å². The number of rotatable bonds is 0. The van der Waals surface area contributed by atoms with Crippen molar-refractivity contribution in [3.8, 4) is 0 Å². The summed E-state index contributed by atoms with van der Waals surface area (Å²) in [7, 11) is -2.86. The van der Waals surface area contributed by atoms with Crippen molar-refractivity contribution >= 4 is 11.0 Å². The minimum Gasteiger partial charge on any atom is -0.439 e. The molecule has 0 spiro atoms. The van der Waals surface area contributed by atoms with E-state index in [1.807, 2.05) is 0 Å². The molecule has 4 aliphatic carbocycles. The summed E-state index contributed by atoms with van der Waals surface area (Å²) in [6.45, 7) is 0. The quantitative estimate of drug-likeness (QED) is 0.0795. The average Bonchev–Trinajstić information content (AvgIpc) is 3.76. The molecule has 9 fully saturated rings. The van der Waals surface area contributed by atoms with Crippen LogP contribution in [-0.2, 0) is 36.5 Å². The van der Waals surface area contributed by atoms with Crippen molar-refractivity contribution in [1.82, 2.24) is 42.5 Å². The zero-order chi connectivity index (χ0) is 29.8. The van der Waals surface area contributed by atoms with Gasteiger partial charge < -0.3 is 13.0 Å². The molecule has 11 nitrogen and oxygen atoms in total. The van der Waals surface area contributed by atoms with Crippen LogP contribution in [0.2, 0.25) is 0 Å². The Morgan fingerprint density at radius 1 is 0.333 bits per heavy atom. The van der Waals surface area contributed by atoms with E-state index >= 15 is 0 Å². The number of hydrogen-bond acceptors (Lipinski definition) is 11. The summed E-state index contributed by atoms with van der Waals surface area (Å²) >= 11 is 0. The molecule has 9 N–H and O–H groups in total. The Kier molecular flexibility index (Phi) is 10.8. The van der Waals surface area contributed by atoms with Gasteiger partial charge in [-0.2, -0.15) is 0 Å². The Morgan fingerprint density at radius 2 is 0.444 bits per heavy atom. The molecule has 4 saturated carbocycles. The van der Waals surface area contributed by atoms with Gasteiger partial charge >= 0.3 is 17.1 Å². The molecule has 9 rings (SSSR count). The van der Waals surface area contributed by atoms with Crippen molar-refractivity contribution in [3.63, 3.8) is 0 Å². The average molecular weight is 697 g/mol. The zero-order valence-electron chi connectivity index (χ0n) is 26.5. The molecule has 13 heteroatoms. The molecule has 5 aliphatic heterocycles. The van der Waals surface area contributed by atoms with E-state index in [2.05, 4.69) is 42.5 Å².